The lowest BCUT2D eigenvalue weighted by Crippen LogP contribution is -2.41. The third-order valence-corrected chi connectivity index (χ3v) is 5.08. The van der Waals surface area contributed by atoms with E-state index >= 15 is 0 Å². The van der Waals surface area contributed by atoms with Gasteiger partial charge in [0, 0.05) is 18.5 Å². The first kappa shape index (κ1) is 25.6. The van der Waals surface area contributed by atoms with Gasteiger partial charge in [0.25, 0.3) is 5.91 Å². The molecule has 0 spiro atoms. The number of hydrogen-bond donors (Lipinski definition) is 1. The van der Waals surface area contributed by atoms with Gasteiger partial charge in [0.05, 0.1) is 30.3 Å². The van der Waals surface area contributed by atoms with E-state index in [4.69, 9.17) is 13.9 Å². The molecular formula is C21H20F5N5O5. The Morgan fingerprint density at radius 3 is 2.67 bits per heavy atom. The fourth-order valence-corrected chi connectivity index (χ4v) is 3.39. The van der Waals surface area contributed by atoms with Crippen LogP contribution in [0.15, 0.2) is 28.8 Å². The highest BCUT2D eigenvalue weighted by molar-refractivity contribution is 5.92. The summed E-state index contributed by atoms with van der Waals surface area (Å²) < 4.78 is 84.1. The fraction of sp³-hybridized carbons (Fsp3) is 0.476. The summed E-state index contributed by atoms with van der Waals surface area (Å²) in [7, 11) is 0. The number of alkyl halides is 5. The molecule has 15 heteroatoms. The number of halogens is 5. The van der Waals surface area contributed by atoms with Gasteiger partial charge < -0.3 is 23.9 Å². The second-order valence-electron chi connectivity index (χ2n) is 7.95. The fourth-order valence-electron chi connectivity index (χ4n) is 3.39. The van der Waals surface area contributed by atoms with Crippen LogP contribution in [-0.4, -0.2) is 58.0 Å². The number of rotatable bonds is 8. The molecule has 0 bridgehead atoms. The van der Waals surface area contributed by atoms with Crippen molar-refractivity contribution in [3.63, 3.8) is 0 Å². The minimum Gasteiger partial charge on any atom is -0.447 e. The molecule has 2 atom stereocenters. The molecule has 0 unspecified atom stereocenters. The van der Waals surface area contributed by atoms with Crippen LogP contribution in [0.2, 0.25) is 0 Å². The first-order chi connectivity index (χ1) is 17.0. The topological polar surface area (TPSA) is 121 Å². The Kier molecular flexibility index (Phi) is 7.31. The van der Waals surface area contributed by atoms with Gasteiger partial charge in [-0.15, -0.1) is 5.10 Å². The van der Waals surface area contributed by atoms with Crippen LogP contribution in [0.5, 0.6) is 6.08 Å². The largest absolute Gasteiger partial charge is 0.447 e. The van der Waals surface area contributed by atoms with E-state index in [0.29, 0.717) is 19.8 Å². The van der Waals surface area contributed by atoms with Crippen LogP contribution in [0.3, 0.4) is 0 Å². The number of aromatic nitrogens is 4. The van der Waals surface area contributed by atoms with Crippen molar-refractivity contribution in [2.75, 3.05) is 19.8 Å². The van der Waals surface area contributed by atoms with E-state index in [0.717, 1.165) is 18.3 Å². The van der Waals surface area contributed by atoms with E-state index in [1.807, 2.05) is 0 Å². The van der Waals surface area contributed by atoms with Crippen molar-refractivity contribution in [2.24, 2.45) is 0 Å². The monoisotopic (exact) mass is 517 g/mol. The average molecular weight is 517 g/mol. The molecule has 36 heavy (non-hydrogen) atoms. The van der Waals surface area contributed by atoms with E-state index in [2.05, 4.69) is 30.2 Å². The molecule has 1 saturated heterocycles. The Bertz CT molecular complexity index is 1210. The molecular weight excluding hydrogens is 497 g/mol. The van der Waals surface area contributed by atoms with E-state index in [9.17, 15) is 26.7 Å². The summed E-state index contributed by atoms with van der Waals surface area (Å²) in [5.41, 5.74) is -0.632. The molecule has 3 aromatic rings. The maximum Gasteiger partial charge on any atom is 0.416 e. The van der Waals surface area contributed by atoms with E-state index in [1.165, 1.54) is 6.07 Å². The van der Waals surface area contributed by atoms with Gasteiger partial charge in [0.2, 0.25) is 11.7 Å². The van der Waals surface area contributed by atoms with Crippen LogP contribution in [0, 0.1) is 0 Å². The van der Waals surface area contributed by atoms with Gasteiger partial charge in [-0.3, -0.25) is 4.79 Å². The molecule has 0 radical (unpaired) electrons. The number of fused-ring (bicyclic) bond motifs is 1. The lowest BCUT2D eigenvalue weighted by Gasteiger charge is -2.27. The summed E-state index contributed by atoms with van der Waals surface area (Å²) in [6.45, 7) is 0.124. The second-order valence-corrected chi connectivity index (χ2v) is 7.95. The van der Waals surface area contributed by atoms with Gasteiger partial charge in [0.1, 0.15) is 12.7 Å². The summed E-state index contributed by atoms with van der Waals surface area (Å²) in [6, 6.07) is 2.60. The molecule has 2 aromatic heterocycles. The number of amides is 1. The van der Waals surface area contributed by atoms with Gasteiger partial charge in [-0.25, -0.2) is 9.97 Å². The molecule has 3 heterocycles. The zero-order valence-electron chi connectivity index (χ0n) is 18.7. The van der Waals surface area contributed by atoms with Crippen molar-refractivity contribution >= 4 is 16.8 Å². The number of nitrogens with one attached hydrogen (secondary N) is 1. The molecule has 0 saturated carbocycles. The van der Waals surface area contributed by atoms with Gasteiger partial charge in [-0.05, 0) is 31.0 Å². The van der Waals surface area contributed by atoms with Crippen molar-refractivity contribution in [3.8, 4) is 6.08 Å². The number of carbonyl (C=O) groups excluding carboxylic acids is 1. The Balaban J connectivity index is 1.27. The predicted molar refractivity (Wildman–Crippen MR) is 110 cm³/mol. The summed E-state index contributed by atoms with van der Waals surface area (Å²) in [5.74, 6) is -0.655. The molecule has 10 nitrogen and oxygen atoms in total. The third kappa shape index (κ3) is 6.60. The maximum atomic E-state index is 12.9. The van der Waals surface area contributed by atoms with Crippen LogP contribution in [-0.2, 0) is 15.7 Å². The molecule has 1 aromatic carbocycles. The molecule has 0 aliphatic carbocycles. The normalized spacial score (nSPS) is 18.8. The van der Waals surface area contributed by atoms with Crippen LogP contribution < -0.4 is 10.1 Å². The number of benzene rings is 1. The predicted octanol–water partition coefficient (Wildman–Crippen LogP) is 3.69. The summed E-state index contributed by atoms with van der Waals surface area (Å²) in [5, 5.41) is 10.4. The van der Waals surface area contributed by atoms with Gasteiger partial charge in [0.15, 0.2) is 0 Å². The van der Waals surface area contributed by atoms with Crippen molar-refractivity contribution in [2.45, 2.75) is 44.2 Å². The van der Waals surface area contributed by atoms with Crippen LogP contribution >= 0.6 is 0 Å². The van der Waals surface area contributed by atoms with Crippen molar-refractivity contribution < 1.29 is 45.4 Å². The van der Waals surface area contributed by atoms with Crippen LogP contribution in [0.25, 0.3) is 10.9 Å². The molecule has 1 amide bonds. The standard InChI is InChI=1S/C21H20F5N5O5/c1-20(22,23)35-7-6-33-19-31-30-18(36-19)15-5-3-13(10-34-15)28-17(32)16-27-9-11-8-12(21(24,25)26)2-4-14(11)29-16/h2,4,8-9,13,15H,3,5-7,10H2,1H3,(H,28,32)/t13-,15+/m1/s1. The lowest BCUT2D eigenvalue weighted by atomic mass is 10.0. The summed E-state index contributed by atoms with van der Waals surface area (Å²) in [6.07, 6.45) is -6.49. The van der Waals surface area contributed by atoms with E-state index in [-0.39, 0.29) is 54.6 Å². The average Bonchev–Trinajstić information content (AvgIpc) is 3.29. The Morgan fingerprint density at radius 2 is 1.97 bits per heavy atom. The van der Waals surface area contributed by atoms with Crippen molar-refractivity contribution in [1.82, 2.24) is 25.5 Å². The lowest BCUT2D eigenvalue weighted by molar-refractivity contribution is -0.226. The summed E-state index contributed by atoms with van der Waals surface area (Å²) in [4.78, 5) is 20.5. The van der Waals surface area contributed by atoms with E-state index in [1.54, 1.807) is 0 Å². The van der Waals surface area contributed by atoms with Gasteiger partial charge in [-0.1, -0.05) is 5.10 Å². The highest BCUT2D eigenvalue weighted by Crippen LogP contribution is 2.31. The zero-order chi connectivity index (χ0) is 25.9. The zero-order valence-corrected chi connectivity index (χ0v) is 18.7. The minimum atomic E-state index is -4.50. The quantitative estimate of drug-likeness (QED) is 0.352. The van der Waals surface area contributed by atoms with Gasteiger partial charge in [-0.2, -0.15) is 22.0 Å². The molecule has 1 N–H and O–H groups in total. The Morgan fingerprint density at radius 1 is 1.17 bits per heavy atom. The smallest absolute Gasteiger partial charge is 0.416 e. The molecule has 1 aliphatic heterocycles. The molecule has 1 fully saturated rings. The first-order valence-corrected chi connectivity index (χ1v) is 10.7. The molecule has 194 valence electrons. The SMILES string of the molecule is CC(F)(F)OCCOc1nnc([C@@H]2CC[C@@H](NC(=O)c3ncc4cc(C(F)(F)F)ccc4n3)CO2)o1. The number of ether oxygens (including phenoxy) is 3. The Hall–Kier alpha value is -3.46. The maximum absolute atomic E-state index is 12.9. The third-order valence-electron chi connectivity index (χ3n) is 5.08. The first-order valence-electron chi connectivity index (χ1n) is 10.7. The highest BCUT2D eigenvalue weighted by Gasteiger charge is 2.31. The summed E-state index contributed by atoms with van der Waals surface area (Å²) >= 11 is 0. The Labute approximate surface area is 200 Å². The van der Waals surface area contributed by atoms with Crippen LogP contribution in [0.1, 0.15) is 47.9 Å². The van der Waals surface area contributed by atoms with E-state index < -0.39 is 29.9 Å². The minimum absolute atomic E-state index is 0.108. The number of hydrogen-bond acceptors (Lipinski definition) is 9. The number of nitrogens with zero attached hydrogens (tertiary/aromatic N) is 4. The van der Waals surface area contributed by atoms with Crippen molar-refractivity contribution in [1.29, 1.82) is 0 Å². The van der Waals surface area contributed by atoms with Crippen LogP contribution in [0.4, 0.5) is 22.0 Å². The molecule has 1 aliphatic rings. The second kappa shape index (κ2) is 10.3. The van der Waals surface area contributed by atoms with Gasteiger partial charge >= 0.3 is 18.4 Å². The molecule has 4 rings (SSSR count). The highest BCUT2D eigenvalue weighted by atomic mass is 19.4. The number of carbonyl (C=O) groups is 1. The van der Waals surface area contributed by atoms with Crippen molar-refractivity contribution in [3.05, 3.63) is 41.7 Å².